The first-order chi connectivity index (χ1) is 12.8. The SMILES string of the molecule is CC(C)(C)c1ccc(C(=O)N(N(Cl)C(=O)c2ccc(F)cc2)C(C)(C)C)cc1. The van der Waals surface area contributed by atoms with Crippen LogP contribution in [0.3, 0.4) is 0 Å². The molecule has 4 nitrogen and oxygen atoms in total. The molecule has 28 heavy (non-hydrogen) atoms. The van der Waals surface area contributed by atoms with Gasteiger partial charge in [-0.1, -0.05) is 32.9 Å². The van der Waals surface area contributed by atoms with Gasteiger partial charge in [0, 0.05) is 22.9 Å². The number of amides is 2. The Morgan fingerprint density at radius 1 is 0.786 bits per heavy atom. The van der Waals surface area contributed by atoms with Crippen molar-refractivity contribution in [2.24, 2.45) is 0 Å². The lowest BCUT2D eigenvalue weighted by atomic mass is 9.86. The summed E-state index contributed by atoms with van der Waals surface area (Å²) in [7, 11) is 0. The molecule has 0 unspecified atom stereocenters. The molecule has 150 valence electrons. The van der Waals surface area contributed by atoms with Gasteiger partial charge in [0.05, 0.1) is 5.54 Å². The molecule has 0 aromatic heterocycles. The largest absolute Gasteiger partial charge is 0.287 e. The van der Waals surface area contributed by atoms with E-state index in [1.54, 1.807) is 32.9 Å². The first-order valence-electron chi connectivity index (χ1n) is 9.03. The molecule has 0 bridgehead atoms. The fourth-order valence-electron chi connectivity index (χ4n) is 2.67. The highest BCUT2D eigenvalue weighted by Gasteiger charge is 2.35. The fourth-order valence-corrected chi connectivity index (χ4v) is 3.07. The second kappa shape index (κ2) is 7.92. The minimum atomic E-state index is -0.767. The third kappa shape index (κ3) is 4.90. The van der Waals surface area contributed by atoms with E-state index < -0.39 is 23.2 Å². The summed E-state index contributed by atoms with van der Waals surface area (Å²) in [6.45, 7) is 11.6. The Morgan fingerprint density at radius 3 is 1.64 bits per heavy atom. The molecular formula is C22H26ClFN2O2. The summed E-state index contributed by atoms with van der Waals surface area (Å²) >= 11 is 6.30. The highest BCUT2D eigenvalue weighted by atomic mass is 35.5. The van der Waals surface area contributed by atoms with E-state index in [0.29, 0.717) is 5.56 Å². The van der Waals surface area contributed by atoms with Crippen LogP contribution in [0.15, 0.2) is 48.5 Å². The van der Waals surface area contributed by atoms with Crippen LogP contribution in [0.2, 0.25) is 0 Å². The summed E-state index contributed by atoms with van der Waals surface area (Å²) in [6.07, 6.45) is 0. The molecule has 0 radical (unpaired) electrons. The van der Waals surface area contributed by atoms with Crippen LogP contribution in [0, 0.1) is 5.82 Å². The normalized spacial score (nSPS) is 11.9. The molecule has 0 heterocycles. The molecule has 0 aliphatic carbocycles. The summed E-state index contributed by atoms with van der Waals surface area (Å²) in [5.41, 5.74) is 0.887. The Bertz CT molecular complexity index is 850. The predicted octanol–water partition coefficient (Wildman–Crippen LogP) is 5.58. The Kier molecular flexibility index (Phi) is 6.19. The van der Waals surface area contributed by atoms with E-state index in [-0.39, 0.29) is 11.0 Å². The zero-order valence-corrected chi connectivity index (χ0v) is 17.8. The van der Waals surface area contributed by atoms with Crippen LogP contribution in [-0.2, 0) is 5.41 Å². The van der Waals surface area contributed by atoms with Gasteiger partial charge in [-0.2, -0.15) is 4.53 Å². The van der Waals surface area contributed by atoms with Crippen LogP contribution >= 0.6 is 11.8 Å². The highest BCUT2D eigenvalue weighted by molar-refractivity contribution is 6.24. The molecule has 0 saturated heterocycles. The van der Waals surface area contributed by atoms with E-state index >= 15 is 0 Å². The monoisotopic (exact) mass is 404 g/mol. The van der Waals surface area contributed by atoms with E-state index in [0.717, 1.165) is 10.1 Å². The minimum Gasteiger partial charge on any atom is -0.267 e. The van der Waals surface area contributed by atoms with Crippen molar-refractivity contribution in [3.63, 3.8) is 0 Å². The molecule has 2 rings (SSSR count). The van der Waals surface area contributed by atoms with Crippen LogP contribution in [0.4, 0.5) is 4.39 Å². The van der Waals surface area contributed by atoms with Crippen molar-refractivity contribution in [2.75, 3.05) is 0 Å². The van der Waals surface area contributed by atoms with Crippen molar-refractivity contribution in [3.05, 3.63) is 71.0 Å². The highest BCUT2D eigenvalue weighted by Crippen LogP contribution is 2.26. The molecule has 0 aliphatic rings. The van der Waals surface area contributed by atoms with Crippen LogP contribution in [-0.4, -0.2) is 26.9 Å². The molecule has 0 saturated carbocycles. The third-order valence-corrected chi connectivity index (χ3v) is 4.56. The third-order valence-electron chi connectivity index (χ3n) is 4.26. The molecule has 2 aromatic carbocycles. The zero-order valence-electron chi connectivity index (χ0n) is 17.1. The maximum Gasteiger partial charge on any atom is 0.287 e. The molecule has 0 atom stereocenters. The quantitative estimate of drug-likeness (QED) is 0.484. The molecule has 2 aromatic rings. The van der Waals surface area contributed by atoms with E-state index in [1.165, 1.54) is 29.3 Å². The average molecular weight is 405 g/mol. The van der Waals surface area contributed by atoms with E-state index in [4.69, 9.17) is 11.8 Å². The van der Waals surface area contributed by atoms with Crippen molar-refractivity contribution in [1.29, 1.82) is 0 Å². The lowest BCUT2D eigenvalue weighted by Crippen LogP contribution is -2.54. The second-order valence-electron chi connectivity index (χ2n) is 8.69. The number of rotatable bonds is 2. The number of hydrogen-bond donors (Lipinski definition) is 0. The van der Waals surface area contributed by atoms with Gasteiger partial charge in [-0.3, -0.25) is 9.59 Å². The van der Waals surface area contributed by atoms with Gasteiger partial charge >= 0.3 is 0 Å². The number of hydrogen-bond acceptors (Lipinski definition) is 2. The lowest BCUT2D eigenvalue weighted by Gasteiger charge is -2.39. The van der Waals surface area contributed by atoms with Gasteiger partial charge in [0.15, 0.2) is 0 Å². The molecule has 0 spiro atoms. The molecule has 0 aliphatic heterocycles. The summed E-state index contributed by atoms with van der Waals surface area (Å²) < 4.78 is 13.9. The Labute approximate surface area is 171 Å². The van der Waals surface area contributed by atoms with E-state index in [9.17, 15) is 14.0 Å². The van der Waals surface area contributed by atoms with Crippen LogP contribution in [0.1, 0.15) is 67.8 Å². The standard InChI is InChI=1S/C22H26ClFN2O2/c1-21(2,3)17-11-7-15(8-12-17)19(27)25(22(4,5)6)26(23)20(28)16-9-13-18(24)14-10-16/h7-14H,1-6H3. The molecule has 0 fully saturated rings. The van der Waals surface area contributed by atoms with Crippen molar-refractivity contribution in [1.82, 2.24) is 9.54 Å². The fraction of sp³-hybridized carbons (Fsp3) is 0.364. The van der Waals surface area contributed by atoms with Crippen LogP contribution in [0.5, 0.6) is 0 Å². The number of nitrogens with zero attached hydrogens (tertiary/aromatic N) is 2. The summed E-state index contributed by atoms with van der Waals surface area (Å²) in [5.74, 6) is -1.48. The lowest BCUT2D eigenvalue weighted by molar-refractivity contribution is -0.00371. The maximum absolute atomic E-state index is 13.2. The molecule has 2 amide bonds. The maximum atomic E-state index is 13.2. The van der Waals surface area contributed by atoms with Gasteiger partial charge < -0.3 is 0 Å². The smallest absolute Gasteiger partial charge is 0.267 e. The zero-order chi connectivity index (χ0) is 21.3. The van der Waals surface area contributed by atoms with Gasteiger partial charge in [0.25, 0.3) is 11.8 Å². The Morgan fingerprint density at radius 2 is 1.21 bits per heavy atom. The van der Waals surface area contributed by atoms with Crippen LogP contribution in [0.25, 0.3) is 0 Å². The van der Waals surface area contributed by atoms with E-state index in [1.807, 2.05) is 12.1 Å². The van der Waals surface area contributed by atoms with Gasteiger partial charge in [-0.15, -0.1) is 0 Å². The first kappa shape index (κ1) is 21.9. The van der Waals surface area contributed by atoms with Gasteiger partial charge in [-0.25, -0.2) is 9.40 Å². The summed E-state index contributed by atoms with van der Waals surface area (Å²) in [6, 6.07) is 12.3. The molecule has 0 N–H and O–H groups in total. The summed E-state index contributed by atoms with van der Waals surface area (Å²) in [5, 5.41) is 1.20. The first-order valence-corrected chi connectivity index (χ1v) is 9.37. The van der Waals surface area contributed by atoms with Crippen molar-refractivity contribution >= 4 is 23.6 Å². The van der Waals surface area contributed by atoms with Gasteiger partial charge in [0.1, 0.15) is 5.82 Å². The van der Waals surface area contributed by atoms with E-state index in [2.05, 4.69) is 20.8 Å². The summed E-state index contributed by atoms with van der Waals surface area (Å²) in [4.78, 5) is 25.9. The Hall–Kier alpha value is -2.40. The second-order valence-corrected chi connectivity index (χ2v) is 9.01. The average Bonchev–Trinajstić information content (AvgIpc) is 2.60. The van der Waals surface area contributed by atoms with Crippen molar-refractivity contribution < 1.29 is 14.0 Å². The van der Waals surface area contributed by atoms with Crippen molar-refractivity contribution in [3.8, 4) is 0 Å². The molecule has 6 heteroatoms. The predicted molar refractivity (Wildman–Crippen MR) is 109 cm³/mol. The minimum absolute atomic E-state index is 0.0393. The topological polar surface area (TPSA) is 40.6 Å². The van der Waals surface area contributed by atoms with Gasteiger partial charge in [0.2, 0.25) is 0 Å². The number of carbonyl (C=O) groups excluding carboxylic acids is 2. The van der Waals surface area contributed by atoms with Crippen molar-refractivity contribution in [2.45, 2.75) is 52.5 Å². The van der Waals surface area contributed by atoms with Crippen LogP contribution < -0.4 is 0 Å². The Balaban J connectivity index is 2.36. The number of hydrazine groups is 1. The molecular weight excluding hydrogens is 379 g/mol. The number of halogens is 2. The number of benzene rings is 2. The number of carbonyl (C=O) groups is 2. The van der Waals surface area contributed by atoms with Gasteiger partial charge in [-0.05, 0) is 68.1 Å².